The number of benzene rings is 1. The number of aliphatic hydroxyl groups is 2. The Balaban J connectivity index is 2.87. The number of ether oxygens (including phenoxy) is 1. The molecule has 96 valence electrons. The van der Waals surface area contributed by atoms with Crippen molar-refractivity contribution in [3.8, 4) is 5.75 Å². The van der Waals surface area contributed by atoms with Gasteiger partial charge in [-0.15, -0.1) is 0 Å². The molecule has 0 aromatic heterocycles. The molecule has 0 bridgehead atoms. The number of hydrogen-bond donors (Lipinski definition) is 3. The van der Waals surface area contributed by atoms with Crippen molar-refractivity contribution >= 4 is 33.2 Å². The molecule has 0 radical (unpaired) electrons. The van der Waals surface area contributed by atoms with E-state index in [1.165, 1.54) is 0 Å². The summed E-state index contributed by atoms with van der Waals surface area (Å²) in [5, 5.41) is 21.6. The Hall–Kier alpha value is -0.490. The summed E-state index contributed by atoms with van der Waals surface area (Å²) in [4.78, 5) is 0. The Bertz CT molecular complexity index is 376. The third kappa shape index (κ3) is 4.35. The lowest BCUT2D eigenvalue weighted by Gasteiger charge is -2.16. The maximum Gasteiger partial charge on any atom is 0.156 e. The van der Waals surface area contributed by atoms with E-state index < -0.39 is 6.10 Å². The van der Waals surface area contributed by atoms with Crippen LogP contribution in [-0.4, -0.2) is 36.1 Å². The van der Waals surface area contributed by atoms with E-state index in [4.69, 9.17) is 21.4 Å². The third-order valence-electron chi connectivity index (χ3n) is 2.04. The van der Waals surface area contributed by atoms with Crippen molar-refractivity contribution in [2.75, 3.05) is 25.1 Å². The van der Waals surface area contributed by atoms with E-state index in [0.717, 1.165) is 4.47 Å². The SMILES string of the molecule is CCOc1c(Br)cc(Cl)cc1NCC(O)CO. The maximum atomic E-state index is 9.28. The molecule has 1 aromatic carbocycles. The molecule has 0 saturated heterocycles. The summed E-state index contributed by atoms with van der Waals surface area (Å²) in [5.41, 5.74) is 0.679. The molecule has 0 aliphatic carbocycles. The van der Waals surface area contributed by atoms with Crippen molar-refractivity contribution in [2.45, 2.75) is 13.0 Å². The number of anilines is 1. The molecule has 0 fully saturated rings. The number of nitrogens with one attached hydrogen (secondary N) is 1. The van der Waals surface area contributed by atoms with Crippen LogP contribution in [0, 0.1) is 0 Å². The van der Waals surface area contributed by atoms with Crippen molar-refractivity contribution in [3.05, 3.63) is 21.6 Å². The van der Waals surface area contributed by atoms with Gasteiger partial charge in [0.25, 0.3) is 0 Å². The fourth-order valence-electron chi connectivity index (χ4n) is 1.28. The summed E-state index contributed by atoms with van der Waals surface area (Å²) in [6, 6.07) is 3.45. The fourth-order valence-corrected chi connectivity index (χ4v) is 2.20. The molecule has 0 saturated carbocycles. The first-order valence-corrected chi connectivity index (χ1v) is 6.40. The standard InChI is InChI=1S/C11H15BrClNO3/c1-2-17-11-9(12)3-7(13)4-10(11)14-5-8(16)6-15/h3-4,8,14-16H,2,5-6H2,1H3. The van der Waals surface area contributed by atoms with Crippen LogP contribution in [0.15, 0.2) is 16.6 Å². The molecule has 0 aliphatic heterocycles. The molecule has 3 N–H and O–H groups in total. The van der Waals surface area contributed by atoms with Crippen molar-refractivity contribution in [1.29, 1.82) is 0 Å². The van der Waals surface area contributed by atoms with Gasteiger partial charge in [0.2, 0.25) is 0 Å². The minimum absolute atomic E-state index is 0.226. The van der Waals surface area contributed by atoms with E-state index in [0.29, 0.717) is 23.1 Å². The largest absolute Gasteiger partial charge is 0.491 e. The Morgan fingerprint density at radius 2 is 2.24 bits per heavy atom. The van der Waals surface area contributed by atoms with E-state index in [1.807, 2.05) is 6.92 Å². The lowest BCUT2D eigenvalue weighted by molar-refractivity contribution is 0.105. The third-order valence-corrected chi connectivity index (χ3v) is 2.84. The lowest BCUT2D eigenvalue weighted by Crippen LogP contribution is -2.23. The lowest BCUT2D eigenvalue weighted by atomic mass is 10.2. The Kier molecular flexibility index (Phi) is 6.05. The highest BCUT2D eigenvalue weighted by atomic mass is 79.9. The topological polar surface area (TPSA) is 61.7 Å². The summed E-state index contributed by atoms with van der Waals surface area (Å²) in [5.74, 6) is 0.641. The molecular formula is C11H15BrClNO3. The minimum Gasteiger partial charge on any atom is -0.491 e. The summed E-state index contributed by atoms with van der Waals surface area (Å²) < 4.78 is 6.22. The van der Waals surface area contributed by atoms with Crippen molar-refractivity contribution in [3.63, 3.8) is 0 Å². The molecule has 1 rings (SSSR count). The van der Waals surface area contributed by atoms with Crippen LogP contribution in [0.5, 0.6) is 5.75 Å². The van der Waals surface area contributed by atoms with Gasteiger partial charge in [-0.3, -0.25) is 0 Å². The fraction of sp³-hybridized carbons (Fsp3) is 0.455. The van der Waals surface area contributed by atoms with Gasteiger partial charge in [0.15, 0.2) is 5.75 Å². The number of aliphatic hydroxyl groups excluding tert-OH is 2. The number of rotatable bonds is 6. The zero-order chi connectivity index (χ0) is 12.8. The highest BCUT2D eigenvalue weighted by Gasteiger charge is 2.11. The normalized spacial score (nSPS) is 12.3. The first-order valence-electron chi connectivity index (χ1n) is 5.23. The zero-order valence-electron chi connectivity index (χ0n) is 9.41. The second-order valence-electron chi connectivity index (χ2n) is 3.41. The van der Waals surface area contributed by atoms with Crippen LogP contribution in [0.2, 0.25) is 5.02 Å². The second-order valence-corrected chi connectivity index (χ2v) is 4.71. The van der Waals surface area contributed by atoms with Crippen molar-refractivity contribution in [1.82, 2.24) is 0 Å². The van der Waals surface area contributed by atoms with Gasteiger partial charge in [-0.2, -0.15) is 0 Å². The summed E-state index contributed by atoms with van der Waals surface area (Å²) in [7, 11) is 0. The molecule has 0 amide bonds. The average Bonchev–Trinajstić information content (AvgIpc) is 2.29. The van der Waals surface area contributed by atoms with Gasteiger partial charge in [0.05, 0.1) is 29.5 Å². The first kappa shape index (κ1) is 14.6. The molecule has 1 aromatic rings. The van der Waals surface area contributed by atoms with Crippen molar-refractivity contribution in [2.24, 2.45) is 0 Å². The Morgan fingerprint density at radius 1 is 1.53 bits per heavy atom. The van der Waals surface area contributed by atoms with Gasteiger partial charge in [-0.05, 0) is 35.0 Å². The number of hydrogen-bond acceptors (Lipinski definition) is 4. The van der Waals surface area contributed by atoms with Crippen LogP contribution >= 0.6 is 27.5 Å². The molecule has 0 spiro atoms. The molecule has 6 heteroatoms. The van der Waals surface area contributed by atoms with Gasteiger partial charge in [0.1, 0.15) is 0 Å². The average molecular weight is 325 g/mol. The molecule has 0 heterocycles. The predicted molar refractivity (Wildman–Crippen MR) is 71.9 cm³/mol. The van der Waals surface area contributed by atoms with Crippen LogP contribution < -0.4 is 10.1 Å². The van der Waals surface area contributed by atoms with Crippen LogP contribution in [-0.2, 0) is 0 Å². The van der Waals surface area contributed by atoms with Crippen LogP contribution in [0.3, 0.4) is 0 Å². The minimum atomic E-state index is -0.817. The van der Waals surface area contributed by atoms with E-state index in [-0.39, 0.29) is 13.2 Å². The van der Waals surface area contributed by atoms with Gasteiger partial charge < -0.3 is 20.3 Å². The van der Waals surface area contributed by atoms with E-state index in [9.17, 15) is 5.11 Å². The van der Waals surface area contributed by atoms with Crippen LogP contribution in [0.25, 0.3) is 0 Å². The van der Waals surface area contributed by atoms with Gasteiger partial charge in [-0.1, -0.05) is 11.6 Å². The van der Waals surface area contributed by atoms with E-state index >= 15 is 0 Å². The Morgan fingerprint density at radius 3 is 2.82 bits per heavy atom. The maximum absolute atomic E-state index is 9.28. The summed E-state index contributed by atoms with van der Waals surface area (Å²) in [6.45, 7) is 2.34. The van der Waals surface area contributed by atoms with Crippen molar-refractivity contribution < 1.29 is 14.9 Å². The first-order chi connectivity index (χ1) is 8.08. The molecule has 1 unspecified atom stereocenters. The summed E-state index contributed by atoms with van der Waals surface area (Å²) >= 11 is 9.30. The molecule has 17 heavy (non-hydrogen) atoms. The summed E-state index contributed by atoms with van der Waals surface area (Å²) in [6.07, 6.45) is -0.817. The number of halogens is 2. The highest BCUT2D eigenvalue weighted by molar-refractivity contribution is 9.10. The van der Waals surface area contributed by atoms with Gasteiger partial charge in [0, 0.05) is 11.6 Å². The van der Waals surface area contributed by atoms with E-state index in [1.54, 1.807) is 12.1 Å². The monoisotopic (exact) mass is 323 g/mol. The molecule has 4 nitrogen and oxygen atoms in total. The smallest absolute Gasteiger partial charge is 0.156 e. The van der Waals surface area contributed by atoms with Gasteiger partial charge in [-0.25, -0.2) is 0 Å². The highest BCUT2D eigenvalue weighted by Crippen LogP contribution is 2.36. The Labute approximate surface area is 114 Å². The van der Waals surface area contributed by atoms with Crippen LogP contribution in [0.1, 0.15) is 6.92 Å². The molecular weight excluding hydrogens is 309 g/mol. The predicted octanol–water partition coefficient (Wildman–Crippen LogP) is 2.27. The molecule has 0 aliphatic rings. The molecule has 1 atom stereocenters. The van der Waals surface area contributed by atoms with Gasteiger partial charge >= 0.3 is 0 Å². The van der Waals surface area contributed by atoms with E-state index in [2.05, 4.69) is 21.2 Å². The second kappa shape index (κ2) is 7.06. The quantitative estimate of drug-likeness (QED) is 0.751. The zero-order valence-corrected chi connectivity index (χ0v) is 11.8. The van der Waals surface area contributed by atoms with Crippen LogP contribution in [0.4, 0.5) is 5.69 Å².